The molecule has 0 aromatic rings. The van der Waals surface area contributed by atoms with E-state index in [1.165, 1.54) is 25.7 Å². The van der Waals surface area contributed by atoms with Gasteiger partial charge in [-0.3, -0.25) is 4.79 Å². The fraction of sp³-hybridized carbons (Fsp3) is 0.923. The van der Waals surface area contributed by atoms with Crippen LogP contribution in [0.5, 0.6) is 0 Å². The molecule has 2 unspecified atom stereocenters. The molecule has 1 saturated carbocycles. The highest BCUT2D eigenvalue weighted by Crippen LogP contribution is 2.29. The van der Waals surface area contributed by atoms with E-state index in [1.807, 2.05) is 13.8 Å². The molecule has 0 aromatic carbocycles. The van der Waals surface area contributed by atoms with E-state index in [1.54, 1.807) is 0 Å². The molecule has 1 amide bonds. The van der Waals surface area contributed by atoms with Gasteiger partial charge in [0.15, 0.2) is 0 Å². The van der Waals surface area contributed by atoms with Gasteiger partial charge in [-0.05, 0) is 40.0 Å². The minimum Gasteiger partial charge on any atom is -0.352 e. The van der Waals surface area contributed by atoms with Crippen molar-refractivity contribution in [3.63, 3.8) is 0 Å². The molecule has 1 fully saturated rings. The second-order valence-electron chi connectivity index (χ2n) is 5.45. The molecule has 1 rings (SSSR count). The molecular formula is C13H26N2O. The number of carbonyl (C=O) groups excluding carboxylic acids is 1. The monoisotopic (exact) mass is 226 g/mol. The Morgan fingerprint density at radius 3 is 2.38 bits per heavy atom. The van der Waals surface area contributed by atoms with E-state index in [4.69, 9.17) is 0 Å². The number of rotatable bonds is 5. The van der Waals surface area contributed by atoms with Crippen molar-refractivity contribution < 1.29 is 4.79 Å². The van der Waals surface area contributed by atoms with Gasteiger partial charge in [0.2, 0.25) is 5.91 Å². The summed E-state index contributed by atoms with van der Waals surface area (Å²) in [5, 5.41) is 6.49. The van der Waals surface area contributed by atoms with Gasteiger partial charge in [0.25, 0.3) is 0 Å². The molecule has 1 aliphatic carbocycles. The smallest absolute Gasteiger partial charge is 0.237 e. The fourth-order valence-electron chi connectivity index (χ4n) is 2.36. The first-order valence-corrected chi connectivity index (χ1v) is 6.55. The Morgan fingerprint density at radius 2 is 1.88 bits per heavy atom. The third-order valence-electron chi connectivity index (χ3n) is 3.67. The Bertz CT molecular complexity index is 234. The summed E-state index contributed by atoms with van der Waals surface area (Å²) in [4.78, 5) is 11.9. The fourth-order valence-corrected chi connectivity index (χ4v) is 2.36. The maximum Gasteiger partial charge on any atom is 0.237 e. The lowest BCUT2D eigenvalue weighted by Gasteiger charge is -2.29. The van der Waals surface area contributed by atoms with Gasteiger partial charge < -0.3 is 10.6 Å². The van der Waals surface area contributed by atoms with Crippen LogP contribution < -0.4 is 10.6 Å². The largest absolute Gasteiger partial charge is 0.352 e. The van der Waals surface area contributed by atoms with Gasteiger partial charge in [-0.15, -0.1) is 0 Å². The van der Waals surface area contributed by atoms with Crippen molar-refractivity contribution >= 4 is 5.91 Å². The number of carbonyl (C=O) groups is 1. The highest BCUT2D eigenvalue weighted by molar-refractivity contribution is 5.81. The van der Waals surface area contributed by atoms with Crippen molar-refractivity contribution in [2.45, 2.75) is 77.4 Å². The zero-order valence-electron chi connectivity index (χ0n) is 11.1. The molecule has 3 heteroatoms. The summed E-state index contributed by atoms with van der Waals surface area (Å²) in [5.74, 6) is 0.127. The van der Waals surface area contributed by atoms with Crippen LogP contribution in [-0.4, -0.2) is 23.5 Å². The lowest BCUT2D eigenvalue weighted by Crippen LogP contribution is -2.52. The molecular weight excluding hydrogens is 200 g/mol. The first kappa shape index (κ1) is 13.5. The van der Waals surface area contributed by atoms with Gasteiger partial charge in [-0.25, -0.2) is 0 Å². The number of nitrogens with one attached hydrogen (secondary N) is 2. The zero-order chi connectivity index (χ0) is 12.2. The molecule has 0 heterocycles. The standard InChI is InChI=1S/C13H26N2O/c1-5-10(2)14-12(16)11(3)15-13(4)8-6-7-9-13/h10-11,15H,5-9H2,1-4H3,(H,14,16). The van der Waals surface area contributed by atoms with Crippen LogP contribution >= 0.6 is 0 Å². The van der Waals surface area contributed by atoms with Gasteiger partial charge in [0.1, 0.15) is 0 Å². The van der Waals surface area contributed by atoms with Crippen LogP contribution in [0.4, 0.5) is 0 Å². The Labute approximate surface area is 99.4 Å². The van der Waals surface area contributed by atoms with Crippen LogP contribution in [0, 0.1) is 0 Å². The average Bonchev–Trinajstić information content (AvgIpc) is 2.64. The van der Waals surface area contributed by atoms with Crippen molar-refractivity contribution in [3.05, 3.63) is 0 Å². The third-order valence-corrected chi connectivity index (χ3v) is 3.67. The Morgan fingerprint density at radius 1 is 1.31 bits per heavy atom. The van der Waals surface area contributed by atoms with Crippen LogP contribution in [0.2, 0.25) is 0 Å². The van der Waals surface area contributed by atoms with Crippen LogP contribution in [0.15, 0.2) is 0 Å². The molecule has 3 nitrogen and oxygen atoms in total. The highest BCUT2D eigenvalue weighted by Gasteiger charge is 2.31. The van der Waals surface area contributed by atoms with E-state index in [-0.39, 0.29) is 23.5 Å². The van der Waals surface area contributed by atoms with Crippen LogP contribution in [0.25, 0.3) is 0 Å². The van der Waals surface area contributed by atoms with Gasteiger partial charge in [-0.1, -0.05) is 19.8 Å². The first-order valence-electron chi connectivity index (χ1n) is 6.55. The molecule has 16 heavy (non-hydrogen) atoms. The molecule has 0 aromatic heterocycles. The van der Waals surface area contributed by atoms with Gasteiger partial charge >= 0.3 is 0 Å². The van der Waals surface area contributed by atoms with Crippen LogP contribution in [0.3, 0.4) is 0 Å². The maximum atomic E-state index is 11.9. The molecule has 0 bridgehead atoms. The minimum atomic E-state index is -0.0860. The normalized spacial score (nSPS) is 22.8. The quantitative estimate of drug-likeness (QED) is 0.754. The van der Waals surface area contributed by atoms with E-state index in [0.29, 0.717) is 0 Å². The van der Waals surface area contributed by atoms with Gasteiger partial charge in [0.05, 0.1) is 6.04 Å². The predicted octanol–water partition coefficient (Wildman–Crippen LogP) is 2.21. The van der Waals surface area contributed by atoms with E-state index in [9.17, 15) is 4.79 Å². The number of amides is 1. The first-order chi connectivity index (χ1) is 7.47. The van der Waals surface area contributed by atoms with Crippen molar-refractivity contribution in [2.24, 2.45) is 0 Å². The summed E-state index contributed by atoms with van der Waals surface area (Å²) in [7, 11) is 0. The van der Waals surface area contributed by atoms with Crippen LogP contribution in [-0.2, 0) is 4.79 Å². The Kier molecular flexibility index (Phi) is 4.78. The Hall–Kier alpha value is -0.570. The summed E-state index contributed by atoms with van der Waals surface area (Å²) in [6.07, 6.45) is 5.92. The second kappa shape index (κ2) is 5.67. The van der Waals surface area contributed by atoms with Gasteiger partial charge in [-0.2, -0.15) is 0 Å². The van der Waals surface area contributed by atoms with E-state index in [2.05, 4.69) is 24.5 Å². The van der Waals surface area contributed by atoms with E-state index >= 15 is 0 Å². The molecule has 2 N–H and O–H groups in total. The molecule has 94 valence electrons. The predicted molar refractivity (Wildman–Crippen MR) is 67.4 cm³/mol. The summed E-state index contributed by atoms with van der Waals surface area (Å²) in [6, 6.07) is 0.185. The second-order valence-corrected chi connectivity index (χ2v) is 5.45. The van der Waals surface area contributed by atoms with Crippen molar-refractivity contribution in [3.8, 4) is 0 Å². The van der Waals surface area contributed by atoms with Crippen LogP contribution in [0.1, 0.15) is 59.8 Å². The number of hydrogen-bond donors (Lipinski definition) is 2. The lowest BCUT2D eigenvalue weighted by molar-refractivity contribution is -0.123. The Balaban J connectivity index is 2.39. The number of hydrogen-bond acceptors (Lipinski definition) is 2. The molecule has 1 aliphatic rings. The summed E-state index contributed by atoms with van der Waals surface area (Å²) in [5.41, 5.74) is 0.173. The minimum absolute atomic E-state index is 0.0860. The zero-order valence-corrected chi connectivity index (χ0v) is 11.1. The molecule has 0 radical (unpaired) electrons. The topological polar surface area (TPSA) is 41.1 Å². The maximum absolute atomic E-state index is 11.9. The molecule has 0 aliphatic heterocycles. The SMILES string of the molecule is CCC(C)NC(=O)C(C)NC1(C)CCCC1. The molecule has 2 atom stereocenters. The molecule has 0 spiro atoms. The highest BCUT2D eigenvalue weighted by atomic mass is 16.2. The van der Waals surface area contributed by atoms with Gasteiger partial charge in [0, 0.05) is 11.6 Å². The van der Waals surface area contributed by atoms with E-state index in [0.717, 1.165) is 6.42 Å². The average molecular weight is 226 g/mol. The van der Waals surface area contributed by atoms with Crippen molar-refractivity contribution in [1.29, 1.82) is 0 Å². The summed E-state index contributed by atoms with van der Waals surface area (Å²) in [6.45, 7) is 8.32. The third kappa shape index (κ3) is 3.78. The molecule has 0 saturated heterocycles. The van der Waals surface area contributed by atoms with Crippen molar-refractivity contribution in [1.82, 2.24) is 10.6 Å². The van der Waals surface area contributed by atoms with Crippen molar-refractivity contribution in [2.75, 3.05) is 0 Å². The summed E-state index contributed by atoms with van der Waals surface area (Å²) >= 11 is 0. The summed E-state index contributed by atoms with van der Waals surface area (Å²) < 4.78 is 0. The lowest BCUT2D eigenvalue weighted by atomic mass is 9.99. The van der Waals surface area contributed by atoms with E-state index < -0.39 is 0 Å².